The van der Waals surface area contributed by atoms with Gasteiger partial charge in [-0.05, 0) is 44.3 Å². The quantitative estimate of drug-likeness (QED) is 0.527. The van der Waals surface area contributed by atoms with Crippen LogP contribution in [0.15, 0.2) is 41.4 Å². The number of aromatic nitrogens is 3. The average molecular weight is 437 g/mol. The highest BCUT2D eigenvalue weighted by molar-refractivity contribution is 7.89. The molecule has 1 aromatic carbocycles. The van der Waals surface area contributed by atoms with Gasteiger partial charge in [0.1, 0.15) is 11.0 Å². The van der Waals surface area contributed by atoms with Crippen molar-refractivity contribution in [2.24, 2.45) is 0 Å². The van der Waals surface area contributed by atoms with Crippen molar-refractivity contribution in [3.63, 3.8) is 0 Å². The molecule has 10 heteroatoms. The lowest BCUT2D eigenvalue weighted by atomic mass is 10.1. The van der Waals surface area contributed by atoms with Crippen LogP contribution in [0.25, 0.3) is 5.65 Å². The molecule has 0 unspecified atom stereocenters. The Labute approximate surface area is 175 Å². The van der Waals surface area contributed by atoms with Gasteiger partial charge in [-0.25, -0.2) is 18.1 Å². The molecule has 8 nitrogen and oxygen atoms in total. The molecule has 3 rings (SSSR count). The van der Waals surface area contributed by atoms with Gasteiger partial charge in [0.15, 0.2) is 5.65 Å². The molecular weight excluding hydrogens is 412 g/mol. The van der Waals surface area contributed by atoms with E-state index in [4.69, 9.17) is 11.6 Å². The van der Waals surface area contributed by atoms with Crippen molar-refractivity contribution in [2.75, 3.05) is 32.5 Å². The predicted molar refractivity (Wildman–Crippen MR) is 116 cm³/mol. The number of anilines is 2. The Hall–Kier alpha value is -2.20. The van der Waals surface area contributed by atoms with Gasteiger partial charge in [0.25, 0.3) is 0 Å². The Balaban J connectivity index is 1.81. The number of hydrogen-bond acceptors (Lipinski definition) is 6. The molecule has 0 saturated carbocycles. The highest BCUT2D eigenvalue weighted by Crippen LogP contribution is 2.26. The second-order valence-corrected chi connectivity index (χ2v) is 9.46. The second-order valence-electron chi connectivity index (χ2n) is 7.30. The summed E-state index contributed by atoms with van der Waals surface area (Å²) in [5.41, 5.74) is 2.41. The summed E-state index contributed by atoms with van der Waals surface area (Å²) in [6.45, 7) is 5.11. The van der Waals surface area contributed by atoms with E-state index in [0.717, 1.165) is 5.56 Å². The van der Waals surface area contributed by atoms with Crippen LogP contribution in [-0.2, 0) is 10.0 Å². The molecule has 2 heterocycles. The maximum absolute atomic E-state index is 12.4. The first-order valence-corrected chi connectivity index (χ1v) is 11.1. The predicted octanol–water partition coefficient (Wildman–Crippen LogP) is 3.09. The van der Waals surface area contributed by atoms with Gasteiger partial charge in [0.05, 0.1) is 11.1 Å². The molecule has 0 aliphatic heterocycles. The Morgan fingerprint density at radius 3 is 2.52 bits per heavy atom. The monoisotopic (exact) mass is 436 g/mol. The molecule has 0 radical (unpaired) electrons. The van der Waals surface area contributed by atoms with Crippen molar-refractivity contribution in [1.29, 1.82) is 0 Å². The smallest absolute Gasteiger partial charge is 0.240 e. The van der Waals surface area contributed by atoms with Crippen LogP contribution in [0.2, 0.25) is 5.15 Å². The molecule has 3 aromatic rings. The fraction of sp³-hybridized carbons (Fsp3) is 0.368. The minimum atomic E-state index is -3.55. The molecule has 156 valence electrons. The van der Waals surface area contributed by atoms with Gasteiger partial charge in [-0.2, -0.15) is 9.61 Å². The van der Waals surface area contributed by atoms with E-state index in [0.29, 0.717) is 35.4 Å². The number of benzene rings is 1. The molecule has 0 atom stereocenters. The lowest BCUT2D eigenvalue weighted by Gasteiger charge is -2.12. The zero-order valence-electron chi connectivity index (χ0n) is 16.8. The first-order chi connectivity index (χ1) is 13.7. The summed E-state index contributed by atoms with van der Waals surface area (Å²) in [4.78, 5) is 6.50. The third kappa shape index (κ3) is 5.05. The molecule has 0 bridgehead atoms. The van der Waals surface area contributed by atoms with Gasteiger partial charge >= 0.3 is 0 Å². The molecule has 0 aliphatic carbocycles. The van der Waals surface area contributed by atoms with Crippen molar-refractivity contribution in [3.8, 4) is 0 Å². The zero-order chi connectivity index (χ0) is 21.2. The molecular formula is C19H25ClN6O2S. The lowest BCUT2D eigenvalue weighted by molar-refractivity contribution is 0.412. The van der Waals surface area contributed by atoms with Crippen molar-refractivity contribution in [3.05, 3.63) is 47.2 Å². The standard InChI is InChI=1S/C19H25ClN6O2S/c1-13(2)16-12-21-26-18(11-17(20)24-19(16)26)23-14-5-7-15(8-6-14)29(27,28)22-9-10-25(3)4/h5-8,11-13,22-23H,9-10H2,1-4H3. The average Bonchev–Trinajstić information content (AvgIpc) is 3.06. The molecule has 2 aromatic heterocycles. The Kier molecular flexibility index (Phi) is 6.42. The van der Waals surface area contributed by atoms with E-state index in [1.165, 1.54) is 0 Å². The molecule has 0 amide bonds. The van der Waals surface area contributed by atoms with E-state index in [9.17, 15) is 8.42 Å². The summed E-state index contributed by atoms with van der Waals surface area (Å²) in [6, 6.07) is 8.20. The van der Waals surface area contributed by atoms with E-state index < -0.39 is 10.0 Å². The van der Waals surface area contributed by atoms with E-state index in [1.54, 1.807) is 41.0 Å². The SMILES string of the molecule is CC(C)c1cnn2c(Nc3ccc(S(=O)(=O)NCCN(C)C)cc3)cc(Cl)nc12. The first kappa shape index (κ1) is 21.5. The lowest BCUT2D eigenvalue weighted by Crippen LogP contribution is -2.31. The maximum atomic E-state index is 12.4. The van der Waals surface area contributed by atoms with Gasteiger partial charge in [-0.3, -0.25) is 0 Å². The molecule has 0 aliphatic rings. The highest BCUT2D eigenvalue weighted by atomic mass is 35.5. The number of fused-ring (bicyclic) bond motifs is 1. The summed E-state index contributed by atoms with van der Waals surface area (Å²) in [6.07, 6.45) is 1.78. The normalized spacial score (nSPS) is 12.2. The number of nitrogens with one attached hydrogen (secondary N) is 2. The molecule has 0 saturated heterocycles. The zero-order valence-corrected chi connectivity index (χ0v) is 18.4. The van der Waals surface area contributed by atoms with Crippen LogP contribution in [0.4, 0.5) is 11.5 Å². The van der Waals surface area contributed by atoms with Crippen LogP contribution >= 0.6 is 11.6 Å². The first-order valence-electron chi connectivity index (χ1n) is 9.23. The van der Waals surface area contributed by atoms with Crippen LogP contribution < -0.4 is 10.0 Å². The second kappa shape index (κ2) is 8.66. The number of rotatable bonds is 8. The van der Waals surface area contributed by atoms with Crippen LogP contribution in [0.5, 0.6) is 0 Å². The van der Waals surface area contributed by atoms with Crippen molar-refractivity contribution in [2.45, 2.75) is 24.7 Å². The topological polar surface area (TPSA) is 91.6 Å². The number of hydrogen-bond donors (Lipinski definition) is 2. The van der Waals surface area contributed by atoms with Crippen LogP contribution in [0.3, 0.4) is 0 Å². The molecule has 2 N–H and O–H groups in total. The summed E-state index contributed by atoms with van der Waals surface area (Å²) in [5, 5.41) is 7.99. The molecule has 29 heavy (non-hydrogen) atoms. The van der Waals surface area contributed by atoms with E-state index in [-0.39, 0.29) is 10.8 Å². The van der Waals surface area contributed by atoms with E-state index >= 15 is 0 Å². The number of nitrogens with zero attached hydrogens (tertiary/aromatic N) is 4. The molecule has 0 fully saturated rings. The van der Waals surface area contributed by atoms with Gasteiger partial charge in [0, 0.05) is 30.4 Å². The minimum Gasteiger partial charge on any atom is -0.340 e. The van der Waals surface area contributed by atoms with Gasteiger partial charge < -0.3 is 10.2 Å². The third-order valence-electron chi connectivity index (χ3n) is 4.38. The summed E-state index contributed by atoms with van der Waals surface area (Å²) < 4.78 is 29.0. The highest BCUT2D eigenvalue weighted by Gasteiger charge is 2.15. The largest absolute Gasteiger partial charge is 0.340 e. The Morgan fingerprint density at radius 1 is 1.21 bits per heavy atom. The third-order valence-corrected chi connectivity index (χ3v) is 6.05. The van der Waals surface area contributed by atoms with E-state index in [1.807, 2.05) is 19.0 Å². The summed E-state index contributed by atoms with van der Waals surface area (Å²) >= 11 is 6.20. The van der Waals surface area contributed by atoms with Crippen molar-refractivity contribution in [1.82, 2.24) is 24.2 Å². The van der Waals surface area contributed by atoms with Crippen LogP contribution in [-0.4, -0.2) is 55.1 Å². The maximum Gasteiger partial charge on any atom is 0.240 e. The van der Waals surface area contributed by atoms with Crippen LogP contribution in [0, 0.1) is 0 Å². The van der Waals surface area contributed by atoms with Crippen molar-refractivity contribution < 1.29 is 8.42 Å². The fourth-order valence-electron chi connectivity index (χ4n) is 2.80. The van der Waals surface area contributed by atoms with E-state index in [2.05, 4.69) is 34.0 Å². The Bertz CT molecular complexity index is 1090. The fourth-order valence-corrected chi connectivity index (χ4v) is 4.00. The minimum absolute atomic E-state index is 0.209. The van der Waals surface area contributed by atoms with Gasteiger partial charge in [-0.15, -0.1) is 0 Å². The molecule has 0 spiro atoms. The number of sulfonamides is 1. The Morgan fingerprint density at radius 2 is 1.90 bits per heavy atom. The van der Waals surface area contributed by atoms with Gasteiger partial charge in [-0.1, -0.05) is 25.4 Å². The number of likely N-dealkylation sites (N-methyl/N-ethyl adjacent to an activating group) is 1. The van der Waals surface area contributed by atoms with Crippen LogP contribution in [0.1, 0.15) is 25.3 Å². The van der Waals surface area contributed by atoms with Crippen molar-refractivity contribution >= 4 is 38.8 Å². The van der Waals surface area contributed by atoms with Gasteiger partial charge in [0.2, 0.25) is 10.0 Å². The summed E-state index contributed by atoms with van der Waals surface area (Å²) in [5.74, 6) is 0.905. The summed E-state index contributed by atoms with van der Waals surface area (Å²) in [7, 11) is 0.233. The number of halogens is 1.